The number of rotatable bonds is 3. The van der Waals surface area contributed by atoms with Crippen LogP contribution in [0.15, 0.2) is 12.2 Å². The van der Waals surface area contributed by atoms with Crippen molar-refractivity contribution in [1.29, 1.82) is 0 Å². The number of hydrogen-bond donors (Lipinski definition) is 0. The lowest BCUT2D eigenvalue weighted by Crippen LogP contribution is -2.26. The van der Waals surface area contributed by atoms with Gasteiger partial charge in [-0.1, -0.05) is 17.7 Å². The van der Waals surface area contributed by atoms with Crippen LogP contribution in [0.1, 0.15) is 20.8 Å². The third-order valence-electron chi connectivity index (χ3n) is 0.980. The molecule has 0 saturated heterocycles. The molecule has 1 unspecified atom stereocenters. The van der Waals surface area contributed by atoms with Crippen LogP contribution in [0, 0.1) is 0 Å². The molecule has 13 heavy (non-hydrogen) atoms. The number of esters is 1. The molecule has 0 aliphatic heterocycles. The van der Waals surface area contributed by atoms with Crippen molar-refractivity contribution in [1.82, 2.24) is 0 Å². The van der Waals surface area contributed by atoms with E-state index in [1.54, 1.807) is 20.8 Å². The van der Waals surface area contributed by atoms with Gasteiger partial charge in [0, 0.05) is 11.3 Å². The third-order valence-corrected chi connectivity index (χ3v) is 1.56. The van der Waals surface area contributed by atoms with Gasteiger partial charge in [0.1, 0.15) is 5.60 Å². The Balaban J connectivity index is 4.13. The van der Waals surface area contributed by atoms with E-state index >= 15 is 0 Å². The lowest BCUT2D eigenvalue weighted by atomic mass is 10.2. The first kappa shape index (κ1) is 12.3. The van der Waals surface area contributed by atoms with Crippen LogP contribution in [0.4, 0.5) is 0 Å². The maximum Gasteiger partial charge on any atom is 0.334 e. The summed E-state index contributed by atoms with van der Waals surface area (Å²) < 4.78 is 25.3. The summed E-state index contributed by atoms with van der Waals surface area (Å²) in [6.07, 6.45) is 0. The summed E-state index contributed by atoms with van der Waals surface area (Å²) in [7, 11) is 0. The van der Waals surface area contributed by atoms with E-state index in [9.17, 15) is 13.6 Å². The normalized spacial score (nSPS) is 13.5. The molecule has 1 atom stereocenters. The first-order valence-corrected chi connectivity index (χ1v) is 4.94. The van der Waals surface area contributed by atoms with Crippen LogP contribution in [-0.4, -0.2) is 26.1 Å². The number of carbonyl (C=O) groups excluding carboxylic acids is 1. The molecule has 0 aromatic rings. The number of ether oxygens (including phenoxy) is 1. The molecule has 0 heterocycles. The van der Waals surface area contributed by atoms with Gasteiger partial charge in [0.25, 0.3) is 0 Å². The van der Waals surface area contributed by atoms with Gasteiger partial charge in [0.2, 0.25) is 0 Å². The molecule has 0 aliphatic rings. The summed E-state index contributed by atoms with van der Waals surface area (Å²) in [5.41, 5.74) is -0.673. The second-order valence-corrected chi connectivity index (χ2v) is 4.45. The van der Waals surface area contributed by atoms with Crippen molar-refractivity contribution in [3.8, 4) is 0 Å². The summed E-state index contributed by atoms with van der Waals surface area (Å²) in [6.45, 7) is 8.41. The largest absolute Gasteiger partial charge is 0.772 e. The van der Waals surface area contributed by atoms with Crippen LogP contribution in [0.5, 0.6) is 0 Å². The highest BCUT2D eigenvalue weighted by Gasteiger charge is 2.18. The highest BCUT2D eigenvalue weighted by molar-refractivity contribution is 7.79. The minimum absolute atomic E-state index is 0.0525. The summed E-state index contributed by atoms with van der Waals surface area (Å²) in [5, 5.41) is 0. The predicted molar refractivity (Wildman–Crippen MR) is 48.8 cm³/mol. The van der Waals surface area contributed by atoms with Gasteiger partial charge in [-0.3, -0.25) is 4.21 Å². The SMILES string of the molecule is C=C(CS(=O)[O-])C(=O)OC(C)(C)C. The molecule has 0 saturated carbocycles. The molecule has 4 nitrogen and oxygen atoms in total. The summed E-state index contributed by atoms with van der Waals surface area (Å²) in [6, 6.07) is 0. The third kappa shape index (κ3) is 6.48. The first-order chi connectivity index (χ1) is 5.72. The fourth-order valence-corrected chi connectivity index (χ4v) is 0.954. The van der Waals surface area contributed by atoms with E-state index in [4.69, 9.17) is 4.74 Å². The Bertz CT molecular complexity index is 239. The zero-order chi connectivity index (χ0) is 10.6. The predicted octanol–water partition coefficient (Wildman–Crippen LogP) is 0.763. The van der Waals surface area contributed by atoms with Crippen molar-refractivity contribution < 1.29 is 18.3 Å². The molecule has 0 aromatic carbocycles. The summed E-state index contributed by atoms with van der Waals surface area (Å²) >= 11 is -2.29. The van der Waals surface area contributed by atoms with Crippen LogP contribution in [0.3, 0.4) is 0 Å². The molecule has 0 N–H and O–H groups in total. The molecule has 0 fully saturated rings. The van der Waals surface area contributed by atoms with E-state index in [0.717, 1.165) is 0 Å². The van der Waals surface area contributed by atoms with Crippen LogP contribution < -0.4 is 0 Å². The van der Waals surface area contributed by atoms with Crippen molar-refractivity contribution in [2.75, 3.05) is 5.75 Å². The highest BCUT2D eigenvalue weighted by atomic mass is 32.2. The average Bonchev–Trinajstić information content (AvgIpc) is 1.81. The van der Waals surface area contributed by atoms with Gasteiger partial charge < -0.3 is 9.29 Å². The van der Waals surface area contributed by atoms with Gasteiger partial charge in [0.15, 0.2) is 0 Å². The van der Waals surface area contributed by atoms with E-state index in [2.05, 4.69) is 6.58 Å². The molecular formula is C8H13O4S-. The van der Waals surface area contributed by atoms with Gasteiger partial charge in [-0.05, 0) is 20.8 Å². The van der Waals surface area contributed by atoms with Crippen LogP contribution in [-0.2, 0) is 20.6 Å². The molecule has 0 aliphatic carbocycles. The minimum atomic E-state index is -2.29. The monoisotopic (exact) mass is 205 g/mol. The molecule has 0 spiro atoms. The van der Waals surface area contributed by atoms with Crippen molar-refractivity contribution >= 4 is 17.0 Å². The second-order valence-electron chi connectivity index (χ2n) is 3.55. The van der Waals surface area contributed by atoms with E-state index in [1.165, 1.54) is 0 Å². The molecular weight excluding hydrogens is 192 g/mol. The minimum Gasteiger partial charge on any atom is -0.772 e. The average molecular weight is 205 g/mol. The Kier molecular flexibility index (Phi) is 4.29. The van der Waals surface area contributed by atoms with Crippen molar-refractivity contribution in [3.63, 3.8) is 0 Å². The Hall–Kier alpha value is -0.680. The molecule has 0 amide bonds. The number of carbonyl (C=O) groups is 1. The summed E-state index contributed by atoms with van der Waals surface area (Å²) in [5.74, 6) is -1.05. The zero-order valence-electron chi connectivity index (χ0n) is 7.96. The van der Waals surface area contributed by atoms with Crippen molar-refractivity contribution in [2.45, 2.75) is 26.4 Å². The van der Waals surface area contributed by atoms with Crippen molar-refractivity contribution in [3.05, 3.63) is 12.2 Å². The lowest BCUT2D eigenvalue weighted by Gasteiger charge is -2.20. The van der Waals surface area contributed by atoms with E-state index < -0.39 is 22.7 Å². The summed E-state index contributed by atoms with van der Waals surface area (Å²) in [4.78, 5) is 11.1. The van der Waals surface area contributed by atoms with Gasteiger partial charge in [-0.2, -0.15) is 0 Å². The maximum absolute atomic E-state index is 11.1. The fourth-order valence-electron chi connectivity index (χ4n) is 0.551. The van der Waals surface area contributed by atoms with Crippen LogP contribution >= 0.6 is 0 Å². The van der Waals surface area contributed by atoms with Crippen LogP contribution in [0.25, 0.3) is 0 Å². The molecule has 0 bridgehead atoms. The van der Waals surface area contributed by atoms with Gasteiger partial charge >= 0.3 is 5.97 Å². The highest BCUT2D eigenvalue weighted by Crippen LogP contribution is 2.10. The quantitative estimate of drug-likeness (QED) is 0.387. The Morgan fingerprint density at radius 2 is 2.00 bits per heavy atom. The fraction of sp³-hybridized carbons (Fsp3) is 0.625. The smallest absolute Gasteiger partial charge is 0.334 e. The zero-order valence-corrected chi connectivity index (χ0v) is 8.77. The number of hydrogen-bond acceptors (Lipinski definition) is 4. The second kappa shape index (κ2) is 4.53. The standard InChI is InChI=1S/C8H14O4S/c1-6(5-13(10)11)7(9)12-8(2,3)4/h1,5H2,2-4H3,(H,10,11)/p-1. The lowest BCUT2D eigenvalue weighted by molar-refractivity contribution is -0.149. The van der Waals surface area contributed by atoms with E-state index in [1.807, 2.05) is 0 Å². The van der Waals surface area contributed by atoms with Gasteiger partial charge in [-0.15, -0.1) is 0 Å². The Morgan fingerprint density at radius 1 is 1.54 bits per heavy atom. The Labute approximate surface area is 80.3 Å². The van der Waals surface area contributed by atoms with Crippen molar-refractivity contribution in [2.24, 2.45) is 0 Å². The maximum atomic E-state index is 11.1. The van der Waals surface area contributed by atoms with Gasteiger partial charge in [-0.25, -0.2) is 4.79 Å². The molecule has 0 rings (SSSR count). The molecule has 76 valence electrons. The molecule has 0 aromatic heterocycles. The van der Waals surface area contributed by atoms with Gasteiger partial charge in [0.05, 0.1) is 0 Å². The first-order valence-electron chi connectivity index (χ1n) is 3.69. The van der Waals surface area contributed by atoms with E-state index in [-0.39, 0.29) is 11.3 Å². The molecule has 0 radical (unpaired) electrons. The van der Waals surface area contributed by atoms with Crippen LogP contribution in [0.2, 0.25) is 0 Å². The topological polar surface area (TPSA) is 66.4 Å². The Morgan fingerprint density at radius 3 is 2.31 bits per heavy atom. The van der Waals surface area contributed by atoms with E-state index in [0.29, 0.717) is 0 Å². The molecule has 5 heteroatoms.